The van der Waals surface area contributed by atoms with E-state index in [9.17, 15) is 0 Å². The summed E-state index contributed by atoms with van der Waals surface area (Å²) in [6, 6.07) is 0. The minimum absolute atomic E-state index is 0.333. The lowest BCUT2D eigenvalue weighted by Crippen LogP contribution is -2.17. The summed E-state index contributed by atoms with van der Waals surface area (Å²) in [5.74, 6) is 0.333. The summed E-state index contributed by atoms with van der Waals surface area (Å²) < 4.78 is 0. The monoisotopic (exact) mass is 132 g/mol. The van der Waals surface area contributed by atoms with E-state index in [4.69, 9.17) is 11.6 Å². The molecule has 0 radical (unpaired) electrons. The Morgan fingerprint density at radius 3 is 2.12 bits per heavy atom. The third-order valence-electron chi connectivity index (χ3n) is 0.813. The fourth-order valence-corrected chi connectivity index (χ4v) is 0.413. The Balaban J connectivity index is 2.69. The second-order valence-electron chi connectivity index (χ2n) is 1.73. The summed E-state index contributed by atoms with van der Waals surface area (Å²) in [5.41, 5.74) is -0.582. The molecule has 5 heteroatoms. The van der Waals surface area contributed by atoms with Crippen molar-refractivity contribution in [2.75, 3.05) is 5.88 Å². The highest BCUT2D eigenvalue weighted by molar-refractivity contribution is 6.18. The van der Waals surface area contributed by atoms with Crippen LogP contribution < -0.4 is 0 Å². The van der Waals surface area contributed by atoms with Crippen molar-refractivity contribution >= 4 is 11.6 Å². The summed E-state index contributed by atoms with van der Waals surface area (Å²) in [7, 11) is 0. The van der Waals surface area contributed by atoms with Crippen molar-refractivity contribution in [2.45, 2.75) is 12.6 Å². The van der Waals surface area contributed by atoms with E-state index in [1.54, 1.807) is 6.92 Å². The van der Waals surface area contributed by atoms with Gasteiger partial charge < -0.3 is 0 Å². The second kappa shape index (κ2) is 1.78. The molecule has 0 aromatic carbocycles. The SMILES string of the molecule is CC1(CCl)N=NN=N1. The molecule has 44 valence electrons. The Kier molecular flexibility index (Phi) is 1.25. The molecular weight excluding hydrogens is 128 g/mol. The third kappa shape index (κ3) is 0.838. The molecule has 0 N–H and O–H groups in total. The maximum absolute atomic E-state index is 5.44. The normalized spacial score (nSPS) is 22.2. The van der Waals surface area contributed by atoms with Gasteiger partial charge in [-0.1, -0.05) is 0 Å². The molecule has 0 aliphatic carbocycles. The van der Waals surface area contributed by atoms with Gasteiger partial charge in [-0.15, -0.1) is 21.8 Å². The van der Waals surface area contributed by atoms with Crippen molar-refractivity contribution in [1.82, 2.24) is 0 Å². The van der Waals surface area contributed by atoms with E-state index in [0.717, 1.165) is 0 Å². The van der Waals surface area contributed by atoms with Crippen molar-refractivity contribution in [2.24, 2.45) is 20.7 Å². The Morgan fingerprint density at radius 1 is 1.38 bits per heavy atom. The second-order valence-corrected chi connectivity index (χ2v) is 2.00. The van der Waals surface area contributed by atoms with Crippen LogP contribution in [-0.4, -0.2) is 11.5 Å². The predicted molar refractivity (Wildman–Crippen MR) is 28.8 cm³/mol. The van der Waals surface area contributed by atoms with Crippen molar-refractivity contribution < 1.29 is 0 Å². The molecule has 0 saturated heterocycles. The van der Waals surface area contributed by atoms with E-state index < -0.39 is 5.66 Å². The van der Waals surface area contributed by atoms with E-state index in [2.05, 4.69) is 20.7 Å². The van der Waals surface area contributed by atoms with E-state index in [-0.39, 0.29) is 0 Å². The number of rotatable bonds is 1. The number of halogens is 1. The number of hydrogen-bond acceptors (Lipinski definition) is 4. The van der Waals surface area contributed by atoms with E-state index in [1.807, 2.05) is 0 Å². The Labute approximate surface area is 51.6 Å². The van der Waals surface area contributed by atoms with Crippen LogP contribution in [0.4, 0.5) is 0 Å². The molecular formula is C3H5ClN4. The minimum atomic E-state index is -0.582. The maximum Gasteiger partial charge on any atom is 0.205 e. The van der Waals surface area contributed by atoms with Crippen LogP contribution in [0.1, 0.15) is 6.92 Å². The molecule has 0 fully saturated rings. The van der Waals surface area contributed by atoms with Gasteiger partial charge in [-0.2, -0.15) is 0 Å². The highest BCUT2D eigenvalue weighted by Gasteiger charge is 2.24. The van der Waals surface area contributed by atoms with Crippen LogP contribution in [0.3, 0.4) is 0 Å². The van der Waals surface area contributed by atoms with Gasteiger partial charge in [0.25, 0.3) is 0 Å². The van der Waals surface area contributed by atoms with Gasteiger partial charge in [0.05, 0.1) is 5.88 Å². The summed E-state index contributed by atoms with van der Waals surface area (Å²) in [5, 5.41) is 13.9. The van der Waals surface area contributed by atoms with E-state index in [0.29, 0.717) is 5.88 Å². The quantitative estimate of drug-likeness (QED) is 0.489. The van der Waals surface area contributed by atoms with Gasteiger partial charge in [0.15, 0.2) is 0 Å². The molecule has 0 bridgehead atoms. The zero-order chi connectivity index (χ0) is 6.04. The molecule has 0 amide bonds. The molecule has 0 spiro atoms. The molecule has 0 aromatic rings. The first kappa shape index (κ1) is 5.62. The summed E-state index contributed by atoms with van der Waals surface area (Å²) in [6.07, 6.45) is 0. The Morgan fingerprint density at radius 2 is 1.88 bits per heavy atom. The van der Waals surface area contributed by atoms with Crippen LogP contribution in [0.2, 0.25) is 0 Å². The molecule has 1 heterocycles. The van der Waals surface area contributed by atoms with Gasteiger partial charge in [-0.05, 0) is 17.4 Å². The molecule has 0 unspecified atom stereocenters. The van der Waals surface area contributed by atoms with Gasteiger partial charge >= 0.3 is 0 Å². The number of alkyl halides is 1. The minimum Gasteiger partial charge on any atom is -0.134 e. The molecule has 1 aliphatic rings. The van der Waals surface area contributed by atoms with E-state index in [1.165, 1.54) is 0 Å². The van der Waals surface area contributed by atoms with Crippen LogP contribution in [0.15, 0.2) is 20.7 Å². The Hall–Kier alpha value is -0.510. The average molecular weight is 133 g/mol. The van der Waals surface area contributed by atoms with E-state index >= 15 is 0 Å². The standard InChI is InChI=1S/C3H5ClN4/c1-3(2-4)5-7-8-6-3/h2H2,1H3. The highest BCUT2D eigenvalue weighted by atomic mass is 35.5. The summed E-state index contributed by atoms with van der Waals surface area (Å²) in [6.45, 7) is 1.76. The first-order valence-electron chi connectivity index (χ1n) is 2.17. The maximum atomic E-state index is 5.44. The summed E-state index contributed by atoms with van der Waals surface area (Å²) in [4.78, 5) is 0. The van der Waals surface area contributed by atoms with Crippen molar-refractivity contribution in [3.63, 3.8) is 0 Å². The third-order valence-corrected chi connectivity index (χ3v) is 1.32. The molecule has 0 aromatic heterocycles. The van der Waals surface area contributed by atoms with Crippen LogP contribution in [0.25, 0.3) is 0 Å². The highest BCUT2D eigenvalue weighted by Crippen LogP contribution is 2.19. The van der Waals surface area contributed by atoms with Crippen LogP contribution >= 0.6 is 11.6 Å². The lowest BCUT2D eigenvalue weighted by molar-refractivity contribution is 0.551. The van der Waals surface area contributed by atoms with Gasteiger partial charge in [0.1, 0.15) is 0 Å². The van der Waals surface area contributed by atoms with Crippen molar-refractivity contribution in [3.8, 4) is 0 Å². The first-order valence-corrected chi connectivity index (χ1v) is 2.70. The molecule has 1 rings (SSSR count). The largest absolute Gasteiger partial charge is 0.205 e. The fraction of sp³-hybridized carbons (Fsp3) is 1.00. The van der Waals surface area contributed by atoms with Crippen LogP contribution in [0, 0.1) is 0 Å². The molecule has 4 nitrogen and oxygen atoms in total. The lowest BCUT2D eigenvalue weighted by atomic mass is 10.3. The summed E-state index contributed by atoms with van der Waals surface area (Å²) >= 11 is 5.44. The molecule has 0 atom stereocenters. The van der Waals surface area contributed by atoms with Crippen LogP contribution in [0.5, 0.6) is 0 Å². The first-order chi connectivity index (χ1) is 3.77. The van der Waals surface area contributed by atoms with Gasteiger partial charge in [0.2, 0.25) is 5.66 Å². The number of hydrogen-bond donors (Lipinski definition) is 0. The van der Waals surface area contributed by atoms with Crippen LogP contribution in [-0.2, 0) is 0 Å². The van der Waals surface area contributed by atoms with Gasteiger partial charge in [-0.25, -0.2) is 0 Å². The predicted octanol–water partition coefficient (Wildman–Crippen LogP) is 1.77. The zero-order valence-corrected chi connectivity index (χ0v) is 5.13. The van der Waals surface area contributed by atoms with Crippen molar-refractivity contribution in [3.05, 3.63) is 0 Å². The topological polar surface area (TPSA) is 49.4 Å². The van der Waals surface area contributed by atoms with Crippen molar-refractivity contribution in [1.29, 1.82) is 0 Å². The number of nitrogens with zero attached hydrogens (tertiary/aromatic N) is 4. The molecule has 1 aliphatic heterocycles. The molecule has 8 heavy (non-hydrogen) atoms. The fourth-order valence-electron chi connectivity index (χ4n) is 0.306. The zero-order valence-electron chi connectivity index (χ0n) is 4.37. The van der Waals surface area contributed by atoms with Gasteiger partial charge in [-0.3, -0.25) is 0 Å². The van der Waals surface area contributed by atoms with Gasteiger partial charge in [0, 0.05) is 0 Å². The molecule has 0 saturated carbocycles. The average Bonchev–Trinajstić information content (AvgIpc) is 2.17. The Bertz CT molecular complexity index is 128. The lowest BCUT2D eigenvalue weighted by Gasteiger charge is -2.05. The smallest absolute Gasteiger partial charge is 0.134 e.